The van der Waals surface area contributed by atoms with Crippen LogP contribution in [0.25, 0.3) is 0 Å². The highest BCUT2D eigenvalue weighted by Gasteiger charge is 2.07. The largest absolute Gasteiger partial charge is 0.370 e. The molecule has 0 atom stereocenters. The Balaban J connectivity index is 2.27. The second-order valence-electron chi connectivity index (χ2n) is 3.98. The highest BCUT2D eigenvalue weighted by Crippen LogP contribution is 2.28. The second-order valence-corrected chi connectivity index (χ2v) is 5.24. The van der Waals surface area contributed by atoms with E-state index < -0.39 is 0 Å². The van der Waals surface area contributed by atoms with E-state index in [9.17, 15) is 0 Å². The summed E-state index contributed by atoms with van der Waals surface area (Å²) in [5, 5.41) is 7.14. The number of nitrogens with zero attached hydrogens (tertiary/aromatic N) is 2. The lowest BCUT2D eigenvalue weighted by Gasteiger charge is -2.12. The molecule has 0 aliphatic rings. The van der Waals surface area contributed by atoms with Crippen LogP contribution in [0.2, 0.25) is 5.02 Å². The van der Waals surface area contributed by atoms with Crippen LogP contribution in [0.1, 0.15) is 12.5 Å². The van der Waals surface area contributed by atoms with E-state index in [1.54, 1.807) is 0 Å². The van der Waals surface area contributed by atoms with Gasteiger partial charge in [0.05, 0.1) is 5.02 Å². The molecular formula is C13H14BrClN4. The Kier molecular flexibility index (Phi) is 4.61. The van der Waals surface area contributed by atoms with Gasteiger partial charge in [0.2, 0.25) is 0 Å². The fraction of sp³-hybridized carbons (Fsp3) is 0.231. The van der Waals surface area contributed by atoms with E-state index in [0.29, 0.717) is 5.02 Å². The summed E-state index contributed by atoms with van der Waals surface area (Å²) in [4.78, 5) is 8.47. The van der Waals surface area contributed by atoms with Crippen molar-refractivity contribution in [2.24, 2.45) is 0 Å². The Morgan fingerprint density at radius 2 is 2.00 bits per heavy atom. The van der Waals surface area contributed by atoms with E-state index in [1.165, 1.54) is 6.33 Å². The summed E-state index contributed by atoms with van der Waals surface area (Å²) in [6.07, 6.45) is 1.54. The van der Waals surface area contributed by atoms with Crippen LogP contribution in [0, 0.1) is 6.92 Å². The van der Waals surface area contributed by atoms with Gasteiger partial charge in [-0.25, -0.2) is 9.97 Å². The van der Waals surface area contributed by atoms with E-state index in [4.69, 9.17) is 11.6 Å². The maximum atomic E-state index is 5.97. The highest BCUT2D eigenvalue weighted by molar-refractivity contribution is 9.10. The number of benzene rings is 1. The van der Waals surface area contributed by atoms with Crippen LogP contribution < -0.4 is 10.6 Å². The van der Waals surface area contributed by atoms with Gasteiger partial charge in [-0.1, -0.05) is 11.6 Å². The predicted octanol–water partition coefficient (Wildman–Crippen LogP) is 4.38. The molecule has 0 spiro atoms. The molecule has 0 amide bonds. The molecule has 6 heteroatoms. The number of halogens is 2. The fourth-order valence-corrected chi connectivity index (χ4v) is 2.13. The van der Waals surface area contributed by atoms with Gasteiger partial charge in [0.25, 0.3) is 0 Å². The van der Waals surface area contributed by atoms with Gasteiger partial charge in [-0.2, -0.15) is 0 Å². The van der Waals surface area contributed by atoms with Crippen molar-refractivity contribution in [2.75, 3.05) is 17.2 Å². The molecule has 4 nitrogen and oxygen atoms in total. The molecule has 0 saturated carbocycles. The predicted molar refractivity (Wildman–Crippen MR) is 83.4 cm³/mol. The normalized spacial score (nSPS) is 10.3. The van der Waals surface area contributed by atoms with Crippen LogP contribution in [-0.2, 0) is 0 Å². The van der Waals surface area contributed by atoms with Crippen molar-refractivity contribution in [1.82, 2.24) is 9.97 Å². The molecule has 2 rings (SSSR count). The number of rotatable bonds is 4. The molecule has 100 valence electrons. The first-order valence-electron chi connectivity index (χ1n) is 5.89. The van der Waals surface area contributed by atoms with E-state index in [-0.39, 0.29) is 0 Å². The average molecular weight is 342 g/mol. The monoisotopic (exact) mass is 340 g/mol. The Bertz CT molecular complexity index is 589. The number of hydrogen-bond acceptors (Lipinski definition) is 4. The third-order valence-corrected chi connectivity index (χ3v) is 3.82. The van der Waals surface area contributed by atoms with Crippen LogP contribution in [0.4, 0.5) is 17.3 Å². The van der Waals surface area contributed by atoms with E-state index in [0.717, 1.165) is 33.9 Å². The summed E-state index contributed by atoms with van der Waals surface area (Å²) >= 11 is 9.37. The van der Waals surface area contributed by atoms with Crippen molar-refractivity contribution in [3.05, 3.63) is 39.6 Å². The maximum Gasteiger partial charge on any atom is 0.138 e. The van der Waals surface area contributed by atoms with Gasteiger partial charge in [-0.15, -0.1) is 0 Å². The van der Waals surface area contributed by atoms with Crippen molar-refractivity contribution in [3.8, 4) is 0 Å². The summed E-state index contributed by atoms with van der Waals surface area (Å²) < 4.78 is 0.845. The molecule has 0 fully saturated rings. The van der Waals surface area contributed by atoms with Crippen LogP contribution in [0.3, 0.4) is 0 Å². The second kappa shape index (κ2) is 6.21. The van der Waals surface area contributed by atoms with E-state index >= 15 is 0 Å². The molecule has 0 aliphatic heterocycles. The lowest BCUT2D eigenvalue weighted by Crippen LogP contribution is -2.05. The van der Waals surface area contributed by atoms with E-state index in [1.807, 2.05) is 32.0 Å². The zero-order valence-electron chi connectivity index (χ0n) is 10.7. The first-order chi connectivity index (χ1) is 9.11. The molecule has 1 aromatic heterocycles. The molecule has 1 heterocycles. The summed E-state index contributed by atoms with van der Waals surface area (Å²) in [6.45, 7) is 4.83. The minimum atomic E-state index is 0.679. The Morgan fingerprint density at radius 3 is 2.68 bits per heavy atom. The van der Waals surface area contributed by atoms with Crippen molar-refractivity contribution in [3.63, 3.8) is 0 Å². The lowest BCUT2D eigenvalue weighted by molar-refractivity contribution is 1.08. The van der Waals surface area contributed by atoms with Gasteiger partial charge in [0.15, 0.2) is 0 Å². The molecular weight excluding hydrogens is 328 g/mol. The zero-order chi connectivity index (χ0) is 13.8. The van der Waals surface area contributed by atoms with Crippen molar-refractivity contribution < 1.29 is 0 Å². The molecule has 0 unspecified atom stereocenters. The summed E-state index contributed by atoms with van der Waals surface area (Å²) in [5.41, 5.74) is 1.90. The van der Waals surface area contributed by atoms with Crippen LogP contribution in [0.5, 0.6) is 0 Å². The van der Waals surface area contributed by atoms with Crippen molar-refractivity contribution >= 4 is 44.9 Å². The average Bonchev–Trinajstić information content (AvgIpc) is 2.39. The summed E-state index contributed by atoms with van der Waals surface area (Å²) in [7, 11) is 0. The van der Waals surface area contributed by atoms with Gasteiger partial charge in [0, 0.05) is 22.3 Å². The molecule has 0 bridgehead atoms. The quantitative estimate of drug-likeness (QED) is 0.866. The summed E-state index contributed by atoms with van der Waals surface area (Å²) in [5.74, 6) is 1.62. The van der Waals surface area contributed by atoms with Gasteiger partial charge < -0.3 is 10.6 Å². The molecule has 1 aromatic carbocycles. The third-order valence-electron chi connectivity index (χ3n) is 2.61. The van der Waals surface area contributed by atoms with Crippen molar-refractivity contribution in [1.29, 1.82) is 0 Å². The van der Waals surface area contributed by atoms with Crippen molar-refractivity contribution in [2.45, 2.75) is 13.8 Å². The maximum absolute atomic E-state index is 5.97. The topological polar surface area (TPSA) is 49.8 Å². The minimum absolute atomic E-state index is 0.679. The van der Waals surface area contributed by atoms with E-state index in [2.05, 4.69) is 36.5 Å². The molecule has 2 aromatic rings. The smallest absolute Gasteiger partial charge is 0.138 e. The third kappa shape index (κ3) is 3.36. The number of anilines is 3. The number of hydrogen-bond donors (Lipinski definition) is 2. The molecule has 2 N–H and O–H groups in total. The Labute approximate surface area is 125 Å². The van der Waals surface area contributed by atoms with Crippen LogP contribution in [-0.4, -0.2) is 16.5 Å². The number of nitrogens with one attached hydrogen (secondary N) is 2. The van der Waals surface area contributed by atoms with Gasteiger partial charge >= 0.3 is 0 Å². The SMILES string of the molecule is CCNc1ncnc(Nc2ccc(Cl)c(Br)c2)c1C. The lowest BCUT2D eigenvalue weighted by atomic mass is 10.2. The van der Waals surface area contributed by atoms with Gasteiger partial charge in [-0.05, 0) is 48.0 Å². The number of aromatic nitrogens is 2. The molecule has 0 radical (unpaired) electrons. The van der Waals surface area contributed by atoms with Gasteiger partial charge in [0.1, 0.15) is 18.0 Å². The highest BCUT2D eigenvalue weighted by atomic mass is 79.9. The van der Waals surface area contributed by atoms with Crippen LogP contribution in [0.15, 0.2) is 29.0 Å². The molecule has 0 saturated heterocycles. The Hall–Kier alpha value is -1.33. The zero-order valence-corrected chi connectivity index (χ0v) is 13.0. The molecule has 0 aliphatic carbocycles. The minimum Gasteiger partial charge on any atom is -0.370 e. The molecule has 19 heavy (non-hydrogen) atoms. The van der Waals surface area contributed by atoms with Gasteiger partial charge in [-0.3, -0.25) is 0 Å². The summed E-state index contributed by atoms with van der Waals surface area (Å²) in [6, 6.07) is 5.65. The first-order valence-corrected chi connectivity index (χ1v) is 7.06. The fourth-order valence-electron chi connectivity index (χ4n) is 1.63. The Morgan fingerprint density at radius 1 is 1.26 bits per heavy atom. The standard InChI is InChI=1S/C13H14BrClN4/c1-3-16-12-8(2)13(18-7-17-12)19-9-4-5-11(15)10(14)6-9/h4-7H,3H2,1-2H3,(H2,16,17,18,19). The van der Waals surface area contributed by atoms with Crippen LogP contribution >= 0.6 is 27.5 Å². The first kappa shape index (κ1) is 14.1.